The van der Waals surface area contributed by atoms with Gasteiger partial charge in [-0.25, -0.2) is 0 Å². The monoisotopic (exact) mass is 184 g/mol. The minimum atomic E-state index is -1.23. The van der Waals surface area contributed by atoms with Crippen LogP contribution in [0.15, 0.2) is 0 Å². The summed E-state index contributed by atoms with van der Waals surface area (Å²) in [5, 5.41) is 20.0. The van der Waals surface area contributed by atoms with Crippen molar-refractivity contribution in [3.63, 3.8) is 0 Å². The molecule has 0 amide bonds. The van der Waals surface area contributed by atoms with Crippen molar-refractivity contribution < 1.29 is 15.0 Å². The summed E-state index contributed by atoms with van der Waals surface area (Å²) < 4.78 is 0. The van der Waals surface area contributed by atoms with E-state index < -0.39 is 11.2 Å². The molecule has 0 aromatic rings. The first-order chi connectivity index (χ1) is 5.72. The quantitative estimate of drug-likeness (QED) is 0.576. The van der Waals surface area contributed by atoms with Gasteiger partial charge >= 0.3 is 0 Å². The number of carbonyl (C=O) groups excluding carboxylic acids is 1. The average molecular weight is 184 g/mol. The van der Waals surface area contributed by atoms with Crippen LogP contribution >= 0.6 is 0 Å². The second kappa shape index (κ2) is 1.98. The van der Waals surface area contributed by atoms with Crippen LogP contribution in [0.4, 0.5) is 0 Å². The first-order valence-electron chi connectivity index (χ1n) is 4.70. The molecule has 0 aliphatic heterocycles. The number of carbonyl (C=O) groups is 1. The molecule has 3 fully saturated rings. The van der Waals surface area contributed by atoms with Crippen LogP contribution in [0.3, 0.4) is 0 Å². The van der Waals surface area contributed by atoms with Gasteiger partial charge in [-0.2, -0.15) is 0 Å². The normalized spacial score (nSPS) is 53.0. The van der Waals surface area contributed by atoms with Crippen molar-refractivity contribution in [3.05, 3.63) is 0 Å². The number of rotatable bonds is 0. The number of fused-ring (bicyclic) bond motifs is 2. The molecule has 0 heterocycles. The highest BCUT2D eigenvalue weighted by atomic mass is 16.3. The molecule has 3 saturated carbocycles. The average Bonchev–Trinajstić information content (AvgIpc) is 1.97. The van der Waals surface area contributed by atoms with Crippen LogP contribution in [0, 0.1) is 11.3 Å². The fraction of sp³-hybridized carbons (Fsp3) is 0.900. The fourth-order valence-electron chi connectivity index (χ4n) is 2.89. The van der Waals surface area contributed by atoms with Crippen molar-refractivity contribution in [1.29, 1.82) is 0 Å². The molecule has 3 aliphatic rings. The maximum atomic E-state index is 11.4. The maximum Gasteiger partial charge on any atom is 0.167 e. The second-order valence-electron chi connectivity index (χ2n) is 5.26. The molecule has 0 aromatic heterocycles. The van der Waals surface area contributed by atoms with E-state index in [4.69, 9.17) is 0 Å². The number of ketones is 1. The first-order valence-corrected chi connectivity index (χ1v) is 4.70. The largest absolute Gasteiger partial charge is 0.389 e. The first kappa shape index (κ1) is 9.16. The predicted molar refractivity (Wildman–Crippen MR) is 47.1 cm³/mol. The van der Waals surface area contributed by atoms with Gasteiger partial charge in [-0.15, -0.1) is 0 Å². The van der Waals surface area contributed by atoms with Gasteiger partial charge < -0.3 is 10.2 Å². The molecule has 0 radical (unpaired) electrons. The Morgan fingerprint density at radius 3 is 2.23 bits per heavy atom. The molecule has 0 aromatic carbocycles. The van der Waals surface area contributed by atoms with Crippen LogP contribution in [-0.2, 0) is 4.79 Å². The molecule has 3 atom stereocenters. The van der Waals surface area contributed by atoms with Crippen LogP contribution in [0.25, 0.3) is 0 Å². The summed E-state index contributed by atoms with van der Waals surface area (Å²) >= 11 is 0. The molecule has 2 N–H and O–H groups in total. The Hall–Kier alpha value is -0.410. The number of Topliss-reactive ketones (excluding diaryl/α,β-unsaturated/α-hetero) is 1. The Kier molecular flexibility index (Phi) is 1.40. The van der Waals surface area contributed by atoms with E-state index in [-0.39, 0.29) is 23.5 Å². The number of hydrogen-bond acceptors (Lipinski definition) is 3. The molecule has 2 bridgehead atoms. The Bertz CT molecular complexity index is 280. The van der Waals surface area contributed by atoms with E-state index in [0.717, 1.165) is 0 Å². The van der Waals surface area contributed by atoms with Gasteiger partial charge in [-0.1, -0.05) is 13.8 Å². The van der Waals surface area contributed by atoms with Gasteiger partial charge in [-0.3, -0.25) is 4.79 Å². The van der Waals surface area contributed by atoms with E-state index in [1.54, 1.807) is 6.92 Å². The van der Waals surface area contributed by atoms with Crippen LogP contribution in [-0.4, -0.2) is 27.2 Å². The minimum absolute atomic E-state index is 0.0914. The summed E-state index contributed by atoms with van der Waals surface area (Å²) in [5.41, 5.74) is -2.42. The topological polar surface area (TPSA) is 57.5 Å². The van der Waals surface area contributed by atoms with E-state index >= 15 is 0 Å². The summed E-state index contributed by atoms with van der Waals surface area (Å²) in [6, 6.07) is 0. The standard InChI is InChI=1S/C10H16O3/c1-8(2)6-4-10(8,13)5-7(11)9(6,3)12/h6,12-13H,4-5H2,1-3H3. The third kappa shape index (κ3) is 0.796. The van der Waals surface area contributed by atoms with Gasteiger partial charge in [0.2, 0.25) is 0 Å². The Morgan fingerprint density at radius 2 is 1.85 bits per heavy atom. The molecule has 3 rings (SSSR count). The Labute approximate surface area is 77.8 Å². The highest BCUT2D eigenvalue weighted by Gasteiger charge is 2.70. The van der Waals surface area contributed by atoms with E-state index in [0.29, 0.717) is 6.42 Å². The molecule has 3 unspecified atom stereocenters. The summed E-state index contributed by atoms with van der Waals surface area (Å²) in [6.45, 7) is 5.41. The van der Waals surface area contributed by atoms with Crippen LogP contribution in [0.5, 0.6) is 0 Å². The zero-order valence-electron chi connectivity index (χ0n) is 8.29. The lowest BCUT2D eigenvalue weighted by atomic mass is 9.41. The lowest BCUT2D eigenvalue weighted by Crippen LogP contribution is -2.74. The van der Waals surface area contributed by atoms with Crippen molar-refractivity contribution in [3.8, 4) is 0 Å². The van der Waals surface area contributed by atoms with E-state index in [9.17, 15) is 15.0 Å². The summed E-state index contributed by atoms with van der Waals surface area (Å²) in [7, 11) is 0. The van der Waals surface area contributed by atoms with Gasteiger partial charge in [0, 0.05) is 17.8 Å². The van der Waals surface area contributed by atoms with Gasteiger partial charge in [-0.05, 0) is 13.3 Å². The minimum Gasteiger partial charge on any atom is -0.389 e. The highest BCUT2D eigenvalue weighted by molar-refractivity contribution is 5.90. The van der Waals surface area contributed by atoms with Gasteiger partial charge in [0.25, 0.3) is 0 Å². The highest BCUT2D eigenvalue weighted by Crippen LogP contribution is 2.63. The smallest absolute Gasteiger partial charge is 0.167 e. The fourth-order valence-corrected chi connectivity index (χ4v) is 2.89. The van der Waals surface area contributed by atoms with Crippen LogP contribution in [0.2, 0.25) is 0 Å². The molecule has 3 heteroatoms. The SMILES string of the molecule is CC1(O)C(=O)CC2(O)CC1C2(C)C. The maximum absolute atomic E-state index is 11.4. The Balaban J connectivity index is 2.40. The van der Waals surface area contributed by atoms with Gasteiger partial charge in [0.1, 0.15) is 5.60 Å². The molecule has 3 nitrogen and oxygen atoms in total. The van der Waals surface area contributed by atoms with Crippen molar-refractivity contribution >= 4 is 5.78 Å². The third-order valence-corrected chi connectivity index (χ3v) is 4.31. The lowest BCUT2D eigenvalue weighted by molar-refractivity contribution is -0.268. The van der Waals surface area contributed by atoms with Crippen LogP contribution in [0.1, 0.15) is 33.6 Å². The zero-order valence-corrected chi connectivity index (χ0v) is 8.29. The summed E-state index contributed by atoms with van der Waals surface area (Å²) in [4.78, 5) is 11.4. The second-order valence-corrected chi connectivity index (χ2v) is 5.26. The van der Waals surface area contributed by atoms with Crippen molar-refractivity contribution in [1.82, 2.24) is 0 Å². The van der Waals surface area contributed by atoms with Crippen LogP contribution < -0.4 is 0 Å². The van der Waals surface area contributed by atoms with Crippen molar-refractivity contribution in [2.24, 2.45) is 11.3 Å². The molecule has 3 aliphatic carbocycles. The lowest BCUT2D eigenvalue weighted by Gasteiger charge is -2.66. The zero-order chi connectivity index (χ0) is 10.1. The molecule has 0 spiro atoms. The summed E-state index contributed by atoms with van der Waals surface area (Å²) in [6.07, 6.45) is 0.655. The number of aliphatic hydroxyl groups is 2. The predicted octanol–water partition coefficient (Wildman–Crippen LogP) is 0.487. The number of hydrogen-bond donors (Lipinski definition) is 2. The third-order valence-electron chi connectivity index (χ3n) is 4.31. The van der Waals surface area contributed by atoms with E-state index in [1.807, 2.05) is 13.8 Å². The molecule has 74 valence electrons. The molecular formula is C10H16O3. The molecule has 0 saturated heterocycles. The van der Waals surface area contributed by atoms with Gasteiger partial charge in [0.15, 0.2) is 5.78 Å². The summed E-state index contributed by atoms with van der Waals surface area (Å²) in [5.74, 6) is -0.308. The van der Waals surface area contributed by atoms with E-state index in [2.05, 4.69) is 0 Å². The van der Waals surface area contributed by atoms with Crippen molar-refractivity contribution in [2.75, 3.05) is 0 Å². The molecule has 13 heavy (non-hydrogen) atoms. The van der Waals surface area contributed by atoms with E-state index in [1.165, 1.54) is 0 Å². The molecular weight excluding hydrogens is 168 g/mol. The Morgan fingerprint density at radius 1 is 1.31 bits per heavy atom. The van der Waals surface area contributed by atoms with Crippen molar-refractivity contribution in [2.45, 2.75) is 44.8 Å². The van der Waals surface area contributed by atoms with Gasteiger partial charge in [0.05, 0.1) is 5.60 Å².